The van der Waals surface area contributed by atoms with E-state index in [1.54, 1.807) is 36.2 Å². The summed E-state index contributed by atoms with van der Waals surface area (Å²) in [6.45, 7) is -0.0477. The molecule has 142 valence electrons. The number of hydrogen-bond acceptors (Lipinski definition) is 3. The molecule has 0 heterocycles. The van der Waals surface area contributed by atoms with E-state index in [9.17, 15) is 18.4 Å². The molecule has 0 aliphatic heterocycles. The van der Waals surface area contributed by atoms with Crippen LogP contribution in [0, 0.1) is 17.6 Å². The van der Waals surface area contributed by atoms with Gasteiger partial charge in [0.2, 0.25) is 5.91 Å². The molecule has 1 aliphatic carbocycles. The molecule has 0 aromatic heterocycles. The third-order valence-electron chi connectivity index (χ3n) is 4.55. The monoisotopic (exact) mass is 375 g/mol. The van der Waals surface area contributed by atoms with Gasteiger partial charge in [0.25, 0.3) is 0 Å². The first-order chi connectivity index (χ1) is 12.8. The number of rotatable bonds is 7. The molecule has 1 fully saturated rings. The highest BCUT2D eigenvalue weighted by Gasteiger charge is 2.46. The van der Waals surface area contributed by atoms with Gasteiger partial charge in [-0.3, -0.25) is 4.79 Å². The van der Waals surface area contributed by atoms with E-state index in [-0.39, 0.29) is 17.7 Å². The molecule has 7 heteroatoms. The van der Waals surface area contributed by atoms with Crippen molar-refractivity contribution in [3.8, 4) is 5.75 Å². The predicted octanol–water partition coefficient (Wildman–Crippen LogP) is 3.19. The van der Waals surface area contributed by atoms with Gasteiger partial charge in [0.15, 0.2) is 6.61 Å². The average Bonchev–Trinajstić information content (AvgIpc) is 3.40. The van der Waals surface area contributed by atoms with Gasteiger partial charge in [-0.15, -0.1) is 0 Å². The molecular weight excluding hydrogens is 356 g/mol. The van der Waals surface area contributed by atoms with Gasteiger partial charge in [-0.2, -0.15) is 0 Å². The van der Waals surface area contributed by atoms with Crippen LogP contribution in [0.4, 0.5) is 8.78 Å². The summed E-state index contributed by atoms with van der Waals surface area (Å²) < 4.78 is 31.9. The summed E-state index contributed by atoms with van der Waals surface area (Å²) in [4.78, 5) is 24.6. The molecule has 1 N–H and O–H groups in total. The second-order valence-corrected chi connectivity index (χ2v) is 6.64. The molecule has 1 amide bonds. The normalized spacial score (nSPS) is 18.0. The Labute approximate surface area is 155 Å². The van der Waals surface area contributed by atoms with Crippen molar-refractivity contribution >= 4 is 11.9 Å². The first kappa shape index (κ1) is 18.8. The third-order valence-corrected chi connectivity index (χ3v) is 4.55. The molecule has 3 rings (SSSR count). The maximum atomic E-state index is 13.9. The second kappa shape index (κ2) is 7.73. The highest BCUT2D eigenvalue weighted by atomic mass is 19.1. The maximum Gasteiger partial charge on any atom is 0.341 e. The van der Waals surface area contributed by atoms with Gasteiger partial charge in [0.1, 0.15) is 17.4 Å². The van der Waals surface area contributed by atoms with Crippen LogP contribution in [0.5, 0.6) is 5.75 Å². The Morgan fingerprint density at radius 2 is 1.89 bits per heavy atom. The molecule has 2 atom stereocenters. The fourth-order valence-corrected chi connectivity index (χ4v) is 3.08. The van der Waals surface area contributed by atoms with Crippen molar-refractivity contribution in [3.63, 3.8) is 0 Å². The lowest BCUT2D eigenvalue weighted by Crippen LogP contribution is -2.28. The summed E-state index contributed by atoms with van der Waals surface area (Å²) in [7, 11) is 1.67. The number of carboxylic acid groups (broad SMARTS) is 1. The number of benzene rings is 2. The van der Waals surface area contributed by atoms with Crippen LogP contribution in [0.2, 0.25) is 0 Å². The van der Waals surface area contributed by atoms with Crippen molar-refractivity contribution in [3.05, 3.63) is 65.2 Å². The summed E-state index contributed by atoms with van der Waals surface area (Å²) in [5, 5.41) is 8.59. The minimum atomic E-state index is -1.05. The van der Waals surface area contributed by atoms with Crippen molar-refractivity contribution < 1.29 is 28.2 Å². The van der Waals surface area contributed by atoms with Crippen molar-refractivity contribution in [2.45, 2.75) is 18.9 Å². The van der Waals surface area contributed by atoms with E-state index in [1.807, 2.05) is 0 Å². The fourth-order valence-electron chi connectivity index (χ4n) is 3.08. The Bertz CT molecular complexity index is 854. The molecule has 0 spiro atoms. The lowest BCUT2D eigenvalue weighted by molar-refractivity contribution is -0.139. The smallest absolute Gasteiger partial charge is 0.341 e. The topological polar surface area (TPSA) is 66.8 Å². The molecule has 0 saturated heterocycles. The number of ether oxygens (including phenoxy) is 1. The summed E-state index contributed by atoms with van der Waals surface area (Å²) >= 11 is 0. The highest BCUT2D eigenvalue weighted by molar-refractivity contribution is 5.82. The molecule has 0 radical (unpaired) electrons. The summed E-state index contributed by atoms with van der Waals surface area (Å²) in [5.41, 5.74) is 1.24. The molecule has 2 aromatic carbocycles. The van der Waals surface area contributed by atoms with Crippen molar-refractivity contribution in [1.29, 1.82) is 0 Å². The maximum absolute atomic E-state index is 13.9. The van der Waals surface area contributed by atoms with E-state index in [1.165, 1.54) is 12.1 Å². The molecule has 2 unspecified atom stereocenters. The van der Waals surface area contributed by atoms with E-state index in [0.29, 0.717) is 24.3 Å². The van der Waals surface area contributed by atoms with Crippen LogP contribution in [0.15, 0.2) is 42.5 Å². The summed E-state index contributed by atoms with van der Waals surface area (Å²) in [5.74, 6) is -2.47. The number of halogens is 2. The van der Waals surface area contributed by atoms with Crippen LogP contribution < -0.4 is 4.74 Å². The second-order valence-electron chi connectivity index (χ2n) is 6.64. The lowest BCUT2D eigenvalue weighted by Gasteiger charge is -2.18. The van der Waals surface area contributed by atoms with Gasteiger partial charge in [-0.25, -0.2) is 13.6 Å². The number of aliphatic carboxylic acids is 1. The van der Waals surface area contributed by atoms with Gasteiger partial charge in [-0.05, 0) is 41.7 Å². The van der Waals surface area contributed by atoms with E-state index < -0.39 is 24.2 Å². The van der Waals surface area contributed by atoms with E-state index in [4.69, 9.17) is 9.84 Å². The van der Waals surface area contributed by atoms with Crippen LogP contribution in [-0.4, -0.2) is 35.5 Å². The first-order valence-corrected chi connectivity index (χ1v) is 8.48. The number of carboxylic acids is 1. The van der Waals surface area contributed by atoms with E-state index in [0.717, 1.165) is 11.6 Å². The Balaban J connectivity index is 1.56. The summed E-state index contributed by atoms with van der Waals surface area (Å²) in [6.07, 6.45) is 0.549. The van der Waals surface area contributed by atoms with Crippen molar-refractivity contribution in [2.24, 2.45) is 5.92 Å². The van der Waals surface area contributed by atoms with Crippen molar-refractivity contribution in [2.75, 3.05) is 13.7 Å². The highest BCUT2D eigenvalue weighted by Crippen LogP contribution is 2.49. The van der Waals surface area contributed by atoms with Crippen LogP contribution in [-0.2, 0) is 16.1 Å². The summed E-state index contributed by atoms with van der Waals surface area (Å²) in [6, 6.07) is 10.2. The molecular formula is C20H19F2NO4. The Kier molecular flexibility index (Phi) is 5.39. The Morgan fingerprint density at radius 1 is 1.19 bits per heavy atom. The Morgan fingerprint density at radius 3 is 2.52 bits per heavy atom. The molecule has 1 aliphatic rings. The van der Waals surface area contributed by atoms with Crippen LogP contribution >= 0.6 is 0 Å². The van der Waals surface area contributed by atoms with Crippen LogP contribution in [0.3, 0.4) is 0 Å². The Hall–Kier alpha value is -2.96. The predicted molar refractivity (Wildman–Crippen MR) is 93.3 cm³/mol. The lowest BCUT2D eigenvalue weighted by atomic mass is 10.1. The van der Waals surface area contributed by atoms with Gasteiger partial charge in [0.05, 0.1) is 0 Å². The third kappa shape index (κ3) is 4.61. The van der Waals surface area contributed by atoms with Crippen LogP contribution in [0.25, 0.3) is 0 Å². The SMILES string of the molecule is CN(Cc1ccc(OCC(=O)O)cc1)C(=O)C1CC1c1ccc(F)cc1F. The fraction of sp³-hybridized carbons (Fsp3) is 0.300. The van der Waals surface area contributed by atoms with Gasteiger partial charge >= 0.3 is 5.97 Å². The zero-order chi connectivity index (χ0) is 19.6. The zero-order valence-corrected chi connectivity index (χ0v) is 14.7. The average molecular weight is 375 g/mol. The molecule has 27 heavy (non-hydrogen) atoms. The minimum Gasteiger partial charge on any atom is -0.482 e. The standard InChI is InChI=1S/C20H19F2NO4/c1-23(10-12-2-5-14(6-3-12)27-11-19(24)25)20(26)17-9-16(17)15-7-4-13(21)8-18(15)22/h2-8,16-17H,9-11H2,1H3,(H,24,25). The molecule has 2 aromatic rings. The van der Waals surface area contributed by atoms with Crippen molar-refractivity contribution in [1.82, 2.24) is 4.90 Å². The number of amides is 1. The number of nitrogens with zero attached hydrogens (tertiary/aromatic N) is 1. The molecule has 0 bridgehead atoms. The molecule has 1 saturated carbocycles. The van der Waals surface area contributed by atoms with Gasteiger partial charge in [0, 0.05) is 25.6 Å². The minimum absolute atomic E-state index is 0.0880. The molecule has 5 nitrogen and oxygen atoms in total. The largest absolute Gasteiger partial charge is 0.482 e. The van der Waals surface area contributed by atoms with E-state index >= 15 is 0 Å². The quantitative estimate of drug-likeness (QED) is 0.807. The van der Waals surface area contributed by atoms with Gasteiger partial charge < -0.3 is 14.7 Å². The zero-order valence-electron chi connectivity index (χ0n) is 14.7. The van der Waals surface area contributed by atoms with Crippen LogP contribution in [0.1, 0.15) is 23.5 Å². The number of carbonyl (C=O) groups is 2. The van der Waals surface area contributed by atoms with Gasteiger partial charge in [-0.1, -0.05) is 18.2 Å². The first-order valence-electron chi connectivity index (χ1n) is 8.48. The number of carbonyl (C=O) groups excluding carboxylic acids is 1. The van der Waals surface area contributed by atoms with E-state index in [2.05, 4.69) is 0 Å². The number of hydrogen-bond donors (Lipinski definition) is 1.